The summed E-state index contributed by atoms with van der Waals surface area (Å²) in [7, 11) is 0. The van der Waals surface area contributed by atoms with Crippen LogP contribution in [0, 0.1) is 12.7 Å². The Morgan fingerprint density at radius 2 is 1.85 bits per heavy atom. The summed E-state index contributed by atoms with van der Waals surface area (Å²) in [6.07, 6.45) is 4.64. The van der Waals surface area contributed by atoms with Crippen LogP contribution in [0.1, 0.15) is 47.1 Å². The molecule has 0 aromatic heterocycles. The number of nitrogens with one attached hydrogen (secondary N) is 1. The molecular weight excluding hydrogens is 427 g/mol. The number of aryl methyl sites for hydroxylation is 3. The minimum Gasteiger partial charge on any atom is -0.481 e. The molecule has 0 saturated carbocycles. The van der Waals surface area contributed by atoms with Crippen molar-refractivity contribution in [2.24, 2.45) is 0 Å². The Kier molecular flexibility index (Phi) is 7.84. The van der Waals surface area contributed by atoms with Crippen molar-refractivity contribution in [2.75, 3.05) is 23.3 Å². The quantitative estimate of drug-likeness (QED) is 0.381. The molecule has 4 rings (SSSR count). The van der Waals surface area contributed by atoms with E-state index in [1.165, 1.54) is 40.4 Å². The largest absolute Gasteiger partial charge is 0.481 e. The van der Waals surface area contributed by atoms with Gasteiger partial charge in [-0.15, -0.1) is 0 Å². The number of carboxylic acid groups (broad SMARTS) is 1. The van der Waals surface area contributed by atoms with Crippen LogP contribution in [0.4, 0.5) is 15.8 Å². The Labute approximate surface area is 201 Å². The molecule has 0 unspecified atom stereocenters. The summed E-state index contributed by atoms with van der Waals surface area (Å²) in [6, 6.07) is 20.0. The topological polar surface area (TPSA) is 52.6 Å². The number of aliphatic carboxylic acids is 1. The summed E-state index contributed by atoms with van der Waals surface area (Å²) in [4.78, 5) is 13.3. The molecule has 1 aliphatic heterocycles. The Morgan fingerprint density at radius 1 is 1.06 bits per heavy atom. The fourth-order valence-corrected chi connectivity index (χ4v) is 4.84. The van der Waals surface area contributed by atoms with Gasteiger partial charge in [0, 0.05) is 37.4 Å². The SMILES string of the molecule is Cc1c(CNc2ccc(CCC(=O)O)c(F)c2)ccc2c1N(CCCc1ccccc1)CCC2. The Balaban J connectivity index is 1.41. The lowest BCUT2D eigenvalue weighted by Crippen LogP contribution is -2.31. The van der Waals surface area contributed by atoms with Crippen LogP contribution in [0.25, 0.3) is 0 Å². The number of nitrogens with zero attached hydrogens (tertiary/aromatic N) is 1. The Bertz CT molecular complexity index is 1130. The number of rotatable bonds is 10. The van der Waals surface area contributed by atoms with E-state index in [9.17, 15) is 9.18 Å². The van der Waals surface area contributed by atoms with E-state index in [-0.39, 0.29) is 18.7 Å². The molecule has 0 amide bonds. The average molecular weight is 461 g/mol. The second-order valence-corrected chi connectivity index (χ2v) is 9.09. The molecule has 0 atom stereocenters. The number of hydrogen-bond acceptors (Lipinski definition) is 3. The zero-order valence-corrected chi connectivity index (χ0v) is 19.8. The van der Waals surface area contributed by atoms with Crippen molar-refractivity contribution in [3.8, 4) is 0 Å². The number of fused-ring (bicyclic) bond motifs is 1. The third-order valence-corrected chi connectivity index (χ3v) is 6.70. The van der Waals surface area contributed by atoms with Gasteiger partial charge in [0.05, 0.1) is 0 Å². The maximum absolute atomic E-state index is 14.4. The van der Waals surface area contributed by atoms with E-state index in [4.69, 9.17) is 5.11 Å². The summed E-state index contributed by atoms with van der Waals surface area (Å²) in [5.41, 5.74) is 7.81. The first-order valence-corrected chi connectivity index (χ1v) is 12.2. The van der Waals surface area contributed by atoms with Gasteiger partial charge in [-0.1, -0.05) is 48.5 Å². The van der Waals surface area contributed by atoms with Crippen molar-refractivity contribution in [3.63, 3.8) is 0 Å². The third-order valence-electron chi connectivity index (χ3n) is 6.70. The van der Waals surface area contributed by atoms with Crippen LogP contribution >= 0.6 is 0 Å². The van der Waals surface area contributed by atoms with Crippen LogP contribution in [0.5, 0.6) is 0 Å². The number of carboxylic acids is 1. The minimum atomic E-state index is -0.918. The minimum absolute atomic E-state index is 0.0696. The van der Waals surface area contributed by atoms with Crippen LogP contribution in [-0.4, -0.2) is 24.2 Å². The summed E-state index contributed by atoms with van der Waals surface area (Å²) in [6.45, 7) is 4.94. The molecule has 0 bridgehead atoms. The lowest BCUT2D eigenvalue weighted by Gasteiger charge is -2.34. The second-order valence-electron chi connectivity index (χ2n) is 9.09. The van der Waals surface area contributed by atoms with Crippen LogP contribution < -0.4 is 10.2 Å². The van der Waals surface area contributed by atoms with Gasteiger partial charge in [-0.05, 0) is 79.0 Å². The van der Waals surface area contributed by atoms with Crippen molar-refractivity contribution < 1.29 is 14.3 Å². The molecule has 0 spiro atoms. The number of hydrogen-bond donors (Lipinski definition) is 2. The molecule has 5 heteroatoms. The van der Waals surface area contributed by atoms with Gasteiger partial charge < -0.3 is 15.3 Å². The highest BCUT2D eigenvalue weighted by molar-refractivity contribution is 5.67. The molecule has 3 aromatic carbocycles. The van der Waals surface area contributed by atoms with E-state index in [0.29, 0.717) is 17.8 Å². The fraction of sp³-hybridized carbons (Fsp3) is 0.345. The van der Waals surface area contributed by atoms with Crippen LogP contribution in [-0.2, 0) is 30.6 Å². The Morgan fingerprint density at radius 3 is 2.62 bits per heavy atom. The van der Waals surface area contributed by atoms with Gasteiger partial charge in [0.1, 0.15) is 5.82 Å². The molecule has 3 aromatic rings. The zero-order valence-electron chi connectivity index (χ0n) is 19.8. The number of carbonyl (C=O) groups is 1. The van der Waals surface area contributed by atoms with Crippen molar-refractivity contribution in [1.82, 2.24) is 0 Å². The second kappa shape index (κ2) is 11.2. The fourth-order valence-electron chi connectivity index (χ4n) is 4.84. The molecule has 34 heavy (non-hydrogen) atoms. The van der Waals surface area contributed by atoms with Gasteiger partial charge in [-0.3, -0.25) is 4.79 Å². The lowest BCUT2D eigenvalue weighted by atomic mass is 9.94. The molecular formula is C29H33FN2O2. The molecule has 0 saturated heterocycles. The van der Waals surface area contributed by atoms with Gasteiger partial charge in [0.25, 0.3) is 0 Å². The molecule has 0 radical (unpaired) electrons. The zero-order chi connectivity index (χ0) is 23.9. The van der Waals surface area contributed by atoms with Gasteiger partial charge in [0.2, 0.25) is 0 Å². The molecule has 178 valence electrons. The van der Waals surface area contributed by atoms with E-state index >= 15 is 0 Å². The average Bonchev–Trinajstić information content (AvgIpc) is 2.83. The van der Waals surface area contributed by atoms with Gasteiger partial charge in [-0.25, -0.2) is 4.39 Å². The van der Waals surface area contributed by atoms with E-state index in [1.54, 1.807) is 6.07 Å². The van der Waals surface area contributed by atoms with E-state index < -0.39 is 5.97 Å². The highest BCUT2D eigenvalue weighted by Gasteiger charge is 2.20. The highest BCUT2D eigenvalue weighted by atomic mass is 19.1. The smallest absolute Gasteiger partial charge is 0.303 e. The first-order valence-electron chi connectivity index (χ1n) is 12.2. The van der Waals surface area contributed by atoms with Crippen LogP contribution in [0.15, 0.2) is 60.7 Å². The monoisotopic (exact) mass is 460 g/mol. The summed E-state index contributed by atoms with van der Waals surface area (Å²) in [5, 5.41) is 12.2. The summed E-state index contributed by atoms with van der Waals surface area (Å²) >= 11 is 0. The molecule has 2 N–H and O–H groups in total. The molecule has 0 aliphatic carbocycles. The number of benzene rings is 3. The van der Waals surface area contributed by atoms with Crippen LogP contribution in [0.3, 0.4) is 0 Å². The maximum Gasteiger partial charge on any atom is 0.303 e. The van der Waals surface area contributed by atoms with Crippen LogP contribution in [0.2, 0.25) is 0 Å². The highest BCUT2D eigenvalue weighted by Crippen LogP contribution is 2.33. The molecule has 1 aliphatic rings. The van der Waals surface area contributed by atoms with Crippen molar-refractivity contribution in [3.05, 3.63) is 94.3 Å². The molecule has 0 fully saturated rings. The van der Waals surface area contributed by atoms with Gasteiger partial charge in [-0.2, -0.15) is 0 Å². The van der Waals surface area contributed by atoms with E-state index in [2.05, 4.69) is 59.6 Å². The van der Waals surface area contributed by atoms with Gasteiger partial charge >= 0.3 is 5.97 Å². The predicted molar refractivity (Wildman–Crippen MR) is 136 cm³/mol. The summed E-state index contributed by atoms with van der Waals surface area (Å²) < 4.78 is 14.4. The number of halogens is 1. The third kappa shape index (κ3) is 5.96. The first kappa shape index (κ1) is 23.8. The first-order chi connectivity index (χ1) is 16.5. The predicted octanol–water partition coefficient (Wildman–Crippen LogP) is 6.15. The molecule has 4 nitrogen and oxygen atoms in total. The normalized spacial score (nSPS) is 12.9. The van der Waals surface area contributed by atoms with E-state index in [0.717, 1.165) is 32.4 Å². The summed E-state index contributed by atoms with van der Waals surface area (Å²) in [5.74, 6) is -1.28. The lowest BCUT2D eigenvalue weighted by molar-refractivity contribution is -0.136. The standard InChI is InChI=1S/C29H33FN2O2/c1-21-25(20-31-26-15-13-23(27(30)19-26)14-16-28(33)34)12-11-24-10-6-18-32(29(21)24)17-5-9-22-7-3-2-4-8-22/h2-4,7-8,11-13,15,19,31H,5-6,9-10,14,16-18,20H2,1H3,(H,33,34). The van der Waals surface area contributed by atoms with Gasteiger partial charge in [0.15, 0.2) is 0 Å². The van der Waals surface area contributed by atoms with Crippen molar-refractivity contribution in [1.29, 1.82) is 0 Å². The van der Waals surface area contributed by atoms with E-state index in [1.807, 2.05) is 6.07 Å². The Hall–Kier alpha value is -3.34. The maximum atomic E-state index is 14.4. The van der Waals surface area contributed by atoms with Crippen molar-refractivity contribution >= 4 is 17.3 Å². The number of anilines is 2. The molecule has 1 heterocycles. The van der Waals surface area contributed by atoms with Crippen molar-refractivity contribution in [2.45, 2.75) is 52.0 Å².